The molecule has 1 aliphatic carbocycles. The SMILES string of the molecule is CC(C)(C)[Si](C)(C)O[C@H]1CCCC[C@@H]1n1cnc2c(cc(Cc3ccc(Cl)nc3)c3ccccc32)c1=O. The molecule has 2 aromatic heterocycles. The van der Waals surface area contributed by atoms with Gasteiger partial charge in [0.1, 0.15) is 5.15 Å². The molecule has 0 bridgehead atoms. The molecule has 2 heterocycles. The summed E-state index contributed by atoms with van der Waals surface area (Å²) in [5, 5.41) is 3.35. The molecular formula is C30H36ClN3O2Si. The molecule has 194 valence electrons. The number of halogens is 1. The Morgan fingerprint density at radius 1 is 1.03 bits per heavy atom. The summed E-state index contributed by atoms with van der Waals surface area (Å²) in [6.07, 6.45) is 8.40. The third-order valence-electron chi connectivity index (χ3n) is 8.34. The van der Waals surface area contributed by atoms with Crippen LogP contribution in [-0.2, 0) is 10.8 Å². The molecule has 1 saturated carbocycles. The van der Waals surface area contributed by atoms with Crippen LogP contribution in [0.25, 0.3) is 21.7 Å². The minimum atomic E-state index is -1.98. The molecule has 5 rings (SSSR count). The standard InChI is InChI=1S/C30H36ClN3O2Si/c1-30(2,3)37(4,5)36-26-13-9-8-12-25(26)34-19-33-28-23-11-7-6-10-22(23)21(17-24(28)29(34)35)16-20-14-15-27(31)32-18-20/h6-7,10-11,14-15,17-19,25-26H,8-9,12-13,16H2,1-5H3/t25-,26-/m0/s1. The number of aromatic nitrogens is 3. The quantitative estimate of drug-likeness (QED) is 0.150. The summed E-state index contributed by atoms with van der Waals surface area (Å²) in [5.41, 5.74) is 2.91. The molecule has 0 aliphatic heterocycles. The first kappa shape index (κ1) is 26.1. The summed E-state index contributed by atoms with van der Waals surface area (Å²) in [7, 11) is -1.98. The van der Waals surface area contributed by atoms with Crippen LogP contribution in [0.3, 0.4) is 0 Å². The summed E-state index contributed by atoms with van der Waals surface area (Å²) in [5.74, 6) is 0. The molecule has 2 aromatic carbocycles. The molecule has 1 fully saturated rings. The van der Waals surface area contributed by atoms with Crippen molar-refractivity contribution >= 4 is 41.6 Å². The number of rotatable bonds is 5. The smallest absolute Gasteiger partial charge is 0.261 e. The fraction of sp³-hybridized carbons (Fsp3) is 0.433. The molecule has 0 radical (unpaired) electrons. The monoisotopic (exact) mass is 533 g/mol. The highest BCUT2D eigenvalue weighted by Crippen LogP contribution is 2.41. The number of hydrogen-bond donors (Lipinski definition) is 0. The second kappa shape index (κ2) is 9.97. The predicted octanol–water partition coefficient (Wildman–Crippen LogP) is 7.69. The van der Waals surface area contributed by atoms with Gasteiger partial charge in [0.2, 0.25) is 0 Å². The lowest BCUT2D eigenvalue weighted by Crippen LogP contribution is -2.48. The Bertz CT molecular complexity index is 1490. The van der Waals surface area contributed by atoms with Gasteiger partial charge in [-0.25, -0.2) is 9.97 Å². The van der Waals surface area contributed by atoms with Gasteiger partial charge in [-0.15, -0.1) is 0 Å². The van der Waals surface area contributed by atoms with E-state index in [0.29, 0.717) is 17.0 Å². The molecule has 0 amide bonds. The molecular weight excluding hydrogens is 498 g/mol. The summed E-state index contributed by atoms with van der Waals surface area (Å²) in [6.45, 7) is 11.4. The number of benzene rings is 2. The van der Waals surface area contributed by atoms with E-state index in [2.05, 4.69) is 51.0 Å². The van der Waals surface area contributed by atoms with Gasteiger partial charge >= 0.3 is 0 Å². The molecule has 0 saturated heterocycles. The van der Waals surface area contributed by atoms with Gasteiger partial charge in [0, 0.05) is 11.6 Å². The van der Waals surface area contributed by atoms with Crippen molar-refractivity contribution in [2.75, 3.05) is 0 Å². The van der Waals surface area contributed by atoms with E-state index in [9.17, 15) is 4.79 Å². The molecule has 0 unspecified atom stereocenters. The maximum atomic E-state index is 14.1. The molecule has 4 aromatic rings. The van der Waals surface area contributed by atoms with Crippen LogP contribution in [0.2, 0.25) is 23.3 Å². The lowest BCUT2D eigenvalue weighted by molar-refractivity contribution is 0.0824. The summed E-state index contributed by atoms with van der Waals surface area (Å²) < 4.78 is 8.76. The van der Waals surface area contributed by atoms with Crippen molar-refractivity contribution in [3.8, 4) is 0 Å². The fourth-order valence-corrected chi connectivity index (χ4v) is 6.75. The highest BCUT2D eigenvalue weighted by molar-refractivity contribution is 6.74. The van der Waals surface area contributed by atoms with Crippen LogP contribution in [-0.4, -0.2) is 29.0 Å². The Labute approximate surface area is 225 Å². The minimum absolute atomic E-state index is 0.00246. The van der Waals surface area contributed by atoms with Gasteiger partial charge in [-0.05, 0) is 66.0 Å². The third kappa shape index (κ3) is 5.11. The zero-order valence-corrected chi connectivity index (χ0v) is 24.2. The Hall–Kier alpha value is -2.54. The van der Waals surface area contributed by atoms with Gasteiger partial charge in [0.15, 0.2) is 8.32 Å². The lowest BCUT2D eigenvalue weighted by atomic mass is 9.92. The Kier molecular flexibility index (Phi) is 7.03. The van der Waals surface area contributed by atoms with Crippen LogP contribution in [0.1, 0.15) is 63.6 Å². The second-order valence-electron chi connectivity index (χ2n) is 11.9. The van der Waals surface area contributed by atoms with E-state index < -0.39 is 8.32 Å². The summed E-state index contributed by atoms with van der Waals surface area (Å²) in [4.78, 5) is 23.2. The Morgan fingerprint density at radius 2 is 1.76 bits per heavy atom. The van der Waals surface area contributed by atoms with E-state index in [1.54, 1.807) is 18.6 Å². The first-order valence-corrected chi connectivity index (χ1v) is 16.5. The van der Waals surface area contributed by atoms with Crippen molar-refractivity contribution in [3.05, 3.63) is 81.6 Å². The lowest BCUT2D eigenvalue weighted by Gasteiger charge is -2.43. The van der Waals surface area contributed by atoms with E-state index >= 15 is 0 Å². The summed E-state index contributed by atoms with van der Waals surface area (Å²) >= 11 is 6.01. The van der Waals surface area contributed by atoms with Crippen LogP contribution >= 0.6 is 11.6 Å². The third-order valence-corrected chi connectivity index (χ3v) is 13.1. The summed E-state index contributed by atoms with van der Waals surface area (Å²) in [6, 6.07) is 14.0. The van der Waals surface area contributed by atoms with Gasteiger partial charge in [-0.3, -0.25) is 9.36 Å². The fourth-order valence-electron chi connectivity index (χ4n) is 5.25. The van der Waals surface area contributed by atoms with Crippen LogP contribution in [0.15, 0.2) is 59.8 Å². The highest BCUT2D eigenvalue weighted by atomic mass is 35.5. The van der Waals surface area contributed by atoms with Crippen molar-refractivity contribution in [2.45, 2.75) is 83.2 Å². The van der Waals surface area contributed by atoms with Crippen LogP contribution < -0.4 is 5.56 Å². The van der Waals surface area contributed by atoms with Gasteiger partial charge < -0.3 is 4.43 Å². The second-order valence-corrected chi connectivity index (χ2v) is 17.0. The maximum Gasteiger partial charge on any atom is 0.261 e. The molecule has 5 nitrogen and oxygen atoms in total. The average Bonchev–Trinajstić information content (AvgIpc) is 2.86. The van der Waals surface area contributed by atoms with Crippen LogP contribution in [0.5, 0.6) is 0 Å². The average molecular weight is 534 g/mol. The number of fused-ring (bicyclic) bond motifs is 3. The van der Waals surface area contributed by atoms with Crippen LogP contribution in [0.4, 0.5) is 0 Å². The molecule has 1 aliphatic rings. The molecule has 0 spiro atoms. The van der Waals surface area contributed by atoms with E-state index in [1.165, 1.54) is 0 Å². The maximum absolute atomic E-state index is 14.1. The molecule has 7 heteroatoms. The van der Waals surface area contributed by atoms with Crippen molar-refractivity contribution in [1.82, 2.24) is 14.5 Å². The Balaban J connectivity index is 1.61. The molecule has 0 N–H and O–H groups in total. The van der Waals surface area contributed by atoms with Gasteiger partial charge in [-0.2, -0.15) is 0 Å². The van der Waals surface area contributed by atoms with Crippen molar-refractivity contribution < 1.29 is 4.43 Å². The van der Waals surface area contributed by atoms with Gasteiger partial charge in [0.05, 0.1) is 29.4 Å². The zero-order valence-electron chi connectivity index (χ0n) is 22.4. The van der Waals surface area contributed by atoms with Crippen LogP contribution in [0, 0.1) is 0 Å². The van der Waals surface area contributed by atoms with E-state index in [-0.39, 0.29) is 22.7 Å². The van der Waals surface area contributed by atoms with E-state index in [1.807, 2.05) is 28.8 Å². The van der Waals surface area contributed by atoms with Gasteiger partial charge in [0.25, 0.3) is 5.56 Å². The first-order chi connectivity index (χ1) is 17.5. The minimum Gasteiger partial charge on any atom is -0.412 e. The molecule has 2 atom stereocenters. The number of nitrogens with zero attached hydrogens (tertiary/aromatic N) is 3. The van der Waals surface area contributed by atoms with Gasteiger partial charge in [-0.1, -0.05) is 75.5 Å². The van der Waals surface area contributed by atoms with Crippen molar-refractivity contribution in [3.63, 3.8) is 0 Å². The zero-order chi connectivity index (χ0) is 26.4. The van der Waals surface area contributed by atoms with Crippen molar-refractivity contribution in [2.24, 2.45) is 0 Å². The number of pyridine rings is 1. The first-order valence-electron chi connectivity index (χ1n) is 13.2. The largest absolute Gasteiger partial charge is 0.412 e. The molecule has 37 heavy (non-hydrogen) atoms. The topological polar surface area (TPSA) is 57.0 Å². The number of hydrogen-bond acceptors (Lipinski definition) is 4. The normalized spacial score (nSPS) is 19.0. The van der Waals surface area contributed by atoms with E-state index in [0.717, 1.165) is 53.1 Å². The predicted molar refractivity (Wildman–Crippen MR) is 155 cm³/mol. The highest BCUT2D eigenvalue weighted by Gasteiger charge is 2.42. The Morgan fingerprint density at radius 3 is 2.46 bits per heavy atom. The van der Waals surface area contributed by atoms with E-state index in [4.69, 9.17) is 21.0 Å². The van der Waals surface area contributed by atoms with Crippen molar-refractivity contribution in [1.29, 1.82) is 0 Å².